The summed E-state index contributed by atoms with van der Waals surface area (Å²) in [6.45, 7) is 0.799. The van der Waals surface area contributed by atoms with Gasteiger partial charge in [-0.1, -0.05) is 0 Å². The minimum absolute atomic E-state index is 0.230. The van der Waals surface area contributed by atoms with Gasteiger partial charge in [0.1, 0.15) is 6.26 Å². The van der Waals surface area contributed by atoms with Crippen molar-refractivity contribution in [3.63, 3.8) is 0 Å². The van der Waals surface area contributed by atoms with Crippen molar-refractivity contribution in [1.29, 1.82) is 0 Å². The number of carbonyl (C=O) groups excluding carboxylic acids is 2. The van der Waals surface area contributed by atoms with Crippen LogP contribution in [0.4, 0.5) is 4.79 Å². The Morgan fingerprint density at radius 1 is 1.57 bits per heavy atom. The van der Waals surface area contributed by atoms with Crippen molar-refractivity contribution in [3.8, 4) is 0 Å². The summed E-state index contributed by atoms with van der Waals surface area (Å²) in [5.74, 6) is -0.230. The van der Waals surface area contributed by atoms with Crippen molar-refractivity contribution in [3.05, 3.63) is 18.4 Å². The predicted octanol–water partition coefficient (Wildman–Crippen LogP) is 0.117. The third-order valence-corrected chi connectivity index (χ3v) is 1.98. The number of hydrogen-bond donors (Lipinski definition) is 1. The van der Waals surface area contributed by atoms with Crippen molar-refractivity contribution < 1.29 is 14.0 Å². The molecule has 74 valence electrons. The molecule has 1 N–H and O–H groups in total. The van der Waals surface area contributed by atoms with Gasteiger partial charge in [-0.15, -0.1) is 0 Å². The Labute approximate surface area is 79.9 Å². The van der Waals surface area contributed by atoms with E-state index in [1.165, 1.54) is 17.6 Å². The van der Waals surface area contributed by atoms with E-state index in [0.29, 0.717) is 25.2 Å². The summed E-state index contributed by atoms with van der Waals surface area (Å²) in [5.41, 5.74) is 0.675. The van der Waals surface area contributed by atoms with Crippen molar-refractivity contribution in [2.24, 2.45) is 0 Å². The molecule has 1 aliphatic rings. The van der Waals surface area contributed by atoms with Gasteiger partial charge in [-0.25, -0.2) is 9.78 Å². The molecule has 14 heavy (non-hydrogen) atoms. The van der Waals surface area contributed by atoms with Crippen LogP contribution >= 0.6 is 0 Å². The van der Waals surface area contributed by atoms with Crippen LogP contribution in [0.25, 0.3) is 0 Å². The number of oxazole rings is 1. The van der Waals surface area contributed by atoms with Crippen LogP contribution in [-0.4, -0.2) is 28.4 Å². The Morgan fingerprint density at radius 3 is 3.07 bits per heavy atom. The molecule has 1 aliphatic heterocycles. The molecule has 0 aliphatic carbocycles. The zero-order chi connectivity index (χ0) is 9.97. The summed E-state index contributed by atoms with van der Waals surface area (Å²) < 4.78 is 4.78. The minimum Gasteiger partial charge on any atom is -0.451 e. The number of nitrogens with one attached hydrogen (secondary N) is 1. The van der Waals surface area contributed by atoms with E-state index in [4.69, 9.17) is 4.42 Å². The lowest BCUT2D eigenvalue weighted by Gasteiger charge is -2.25. The highest BCUT2D eigenvalue weighted by molar-refractivity contribution is 5.96. The fourth-order valence-electron chi connectivity index (χ4n) is 1.26. The maximum Gasteiger partial charge on any atom is 0.324 e. The first-order valence-corrected chi connectivity index (χ1v) is 4.21. The molecule has 1 fully saturated rings. The summed E-state index contributed by atoms with van der Waals surface area (Å²) in [4.78, 5) is 27.5. The van der Waals surface area contributed by atoms with Crippen LogP contribution in [0.2, 0.25) is 0 Å². The van der Waals surface area contributed by atoms with Crippen LogP contribution in [0.15, 0.2) is 17.1 Å². The molecule has 1 aromatic heterocycles. The number of hydrogen-bond acceptors (Lipinski definition) is 4. The van der Waals surface area contributed by atoms with Crippen LogP contribution in [-0.2, 0) is 11.3 Å². The first-order chi connectivity index (χ1) is 6.75. The molecule has 2 rings (SSSR count). The second-order valence-corrected chi connectivity index (χ2v) is 3.00. The molecular weight excluding hydrogens is 186 g/mol. The minimum atomic E-state index is -0.371. The zero-order valence-electron chi connectivity index (χ0n) is 7.40. The molecular formula is C8H9N3O3. The van der Waals surface area contributed by atoms with Crippen LogP contribution in [0, 0.1) is 0 Å². The second kappa shape index (κ2) is 3.49. The first-order valence-electron chi connectivity index (χ1n) is 4.21. The molecule has 0 atom stereocenters. The molecule has 0 bridgehead atoms. The van der Waals surface area contributed by atoms with Crippen molar-refractivity contribution in [2.45, 2.75) is 13.0 Å². The largest absolute Gasteiger partial charge is 0.451 e. The van der Waals surface area contributed by atoms with Gasteiger partial charge in [0.15, 0.2) is 6.39 Å². The summed E-state index contributed by atoms with van der Waals surface area (Å²) in [5, 5.41) is 2.23. The third-order valence-electron chi connectivity index (χ3n) is 1.98. The van der Waals surface area contributed by atoms with Crippen molar-refractivity contribution in [1.82, 2.24) is 15.2 Å². The van der Waals surface area contributed by atoms with Crippen molar-refractivity contribution in [2.75, 3.05) is 6.54 Å². The highest BCUT2D eigenvalue weighted by Crippen LogP contribution is 2.06. The van der Waals surface area contributed by atoms with Crippen molar-refractivity contribution >= 4 is 11.9 Å². The Bertz CT molecular complexity index is 347. The van der Waals surface area contributed by atoms with E-state index in [0.717, 1.165) is 0 Å². The number of aromatic nitrogens is 1. The van der Waals surface area contributed by atoms with E-state index in [1.54, 1.807) is 0 Å². The summed E-state index contributed by atoms with van der Waals surface area (Å²) >= 11 is 0. The summed E-state index contributed by atoms with van der Waals surface area (Å²) in [7, 11) is 0. The van der Waals surface area contributed by atoms with Gasteiger partial charge in [0.05, 0.1) is 12.2 Å². The Hall–Kier alpha value is -1.85. The highest BCUT2D eigenvalue weighted by Gasteiger charge is 2.23. The van der Waals surface area contributed by atoms with E-state index in [2.05, 4.69) is 10.3 Å². The van der Waals surface area contributed by atoms with Gasteiger partial charge in [-0.3, -0.25) is 10.1 Å². The fourth-order valence-corrected chi connectivity index (χ4v) is 1.26. The van der Waals surface area contributed by atoms with Gasteiger partial charge in [0.25, 0.3) is 0 Å². The number of rotatable bonds is 2. The van der Waals surface area contributed by atoms with E-state index < -0.39 is 0 Å². The normalized spacial score (nSPS) is 17.0. The molecule has 6 heteroatoms. The molecule has 1 aromatic rings. The van der Waals surface area contributed by atoms with E-state index in [-0.39, 0.29) is 11.9 Å². The molecule has 1 saturated heterocycles. The van der Waals surface area contributed by atoms with Gasteiger partial charge < -0.3 is 9.32 Å². The molecule has 2 heterocycles. The second-order valence-electron chi connectivity index (χ2n) is 3.00. The average Bonchev–Trinajstić information content (AvgIpc) is 2.62. The number of nitrogens with zero attached hydrogens (tertiary/aromatic N) is 2. The van der Waals surface area contributed by atoms with E-state index >= 15 is 0 Å². The maximum absolute atomic E-state index is 11.3. The molecule has 0 spiro atoms. The molecule has 0 unspecified atom stereocenters. The monoisotopic (exact) mass is 195 g/mol. The van der Waals surface area contributed by atoms with Crippen LogP contribution in [0.3, 0.4) is 0 Å². The fraction of sp³-hybridized carbons (Fsp3) is 0.375. The third kappa shape index (κ3) is 1.73. The number of urea groups is 1. The van der Waals surface area contributed by atoms with Crippen LogP contribution in [0.5, 0.6) is 0 Å². The predicted molar refractivity (Wildman–Crippen MR) is 45.1 cm³/mol. The van der Waals surface area contributed by atoms with E-state index in [9.17, 15) is 9.59 Å². The Balaban J connectivity index is 1.99. The highest BCUT2D eigenvalue weighted by atomic mass is 16.3. The maximum atomic E-state index is 11.3. The van der Waals surface area contributed by atoms with E-state index in [1.807, 2.05) is 0 Å². The molecule has 0 aromatic carbocycles. The lowest BCUT2D eigenvalue weighted by molar-refractivity contribution is -0.121. The Morgan fingerprint density at radius 2 is 2.43 bits per heavy atom. The van der Waals surface area contributed by atoms with Gasteiger partial charge in [-0.05, 0) is 0 Å². The van der Waals surface area contributed by atoms with Gasteiger partial charge in [-0.2, -0.15) is 0 Å². The molecule has 0 radical (unpaired) electrons. The Kier molecular flexibility index (Phi) is 2.18. The number of amides is 3. The summed E-state index contributed by atoms with van der Waals surface area (Å²) in [6.07, 6.45) is 3.12. The molecule has 6 nitrogen and oxygen atoms in total. The lowest BCUT2D eigenvalue weighted by Crippen LogP contribution is -2.48. The molecule has 0 saturated carbocycles. The van der Waals surface area contributed by atoms with Gasteiger partial charge in [0.2, 0.25) is 5.91 Å². The van der Waals surface area contributed by atoms with Crippen LogP contribution in [0.1, 0.15) is 12.1 Å². The topological polar surface area (TPSA) is 75.4 Å². The lowest BCUT2D eigenvalue weighted by atomic mass is 10.3. The number of imide groups is 1. The zero-order valence-corrected chi connectivity index (χ0v) is 7.40. The average molecular weight is 195 g/mol. The van der Waals surface area contributed by atoms with Gasteiger partial charge in [0, 0.05) is 13.0 Å². The van der Waals surface area contributed by atoms with Crippen LogP contribution < -0.4 is 5.32 Å². The molecule has 3 amide bonds. The first kappa shape index (κ1) is 8.74. The summed E-state index contributed by atoms with van der Waals surface area (Å²) in [6, 6.07) is -0.371. The SMILES string of the molecule is O=C1CCN(Cc2cocn2)C(=O)N1. The van der Waals surface area contributed by atoms with Gasteiger partial charge >= 0.3 is 6.03 Å². The number of carbonyl (C=O) groups is 2. The quantitative estimate of drug-likeness (QED) is 0.727. The smallest absolute Gasteiger partial charge is 0.324 e. The standard InChI is InChI=1S/C8H9N3O3/c12-7-1-2-11(8(13)10-7)3-6-4-14-5-9-6/h4-5H,1-3H2,(H,10,12,13).